The molecule has 17 heavy (non-hydrogen) atoms. The van der Waals surface area contributed by atoms with Crippen LogP contribution in [0.3, 0.4) is 0 Å². The summed E-state index contributed by atoms with van der Waals surface area (Å²) in [6.45, 7) is 3.30. The van der Waals surface area contributed by atoms with Crippen molar-refractivity contribution in [1.82, 2.24) is 4.98 Å². The van der Waals surface area contributed by atoms with Crippen LogP contribution in [0.15, 0.2) is 18.3 Å². The fourth-order valence-corrected chi connectivity index (χ4v) is 2.40. The van der Waals surface area contributed by atoms with E-state index in [1.54, 1.807) is 6.20 Å². The smallest absolute Gasteiger partial charge is 0.138 e. The Labute approximate surface area is 106 Å². The number of anilines is 1. The molecule has 0 saturated carbocycles. The topological polar surface area (TPSA) is 62.4 Å². The number of rotatable bonds is 2. The van der Waals surface area contributed by atoms with Crippen LogP contribution in [0, 0.1) is 0 Å². The lowest BCUT2D eigenvalue weighted by molar-refractivity contribution is 0.0447. The zero-order valence-corrected chi connectivity index (χ0v) is 10.7. The van der Waals surface area contributed by atoms with E-state index in [0.29, 0.717) is 11.5 Å². The summed E-state index contributed by atoms with van der Waals surface area (Å²) < 4.78 is 0. The van der Waals surface area contributed by atoms with E-state index in [1.807, 2.05) is 19.1 Å². The Morgan fingerprint density at radius 1 is 1.65 bits per heavy atom. The number of β-amino-alcohol motifs (C(OH)–C–C–N with tert-alkyl or cyclic N) is 1. The van der Waals surface area contributed by atoms with Crippen molar-refractivity contribution in [2.45, 2.75) is 25.4 Å². The molecule has 0 bridgehead atoms. The SMILES string of the molecule is CC1(O)CCCN(c2ncccc2C(N)=S)C1. The first-order valence-electron chi connectivity index (χ1n) is 5.72. The number of hydrogen-bond acceptors (Lipinski definition) is 4. The minimum absolute atomic E-state index is 0.346. The maximum atomic E-state index is 10.1. The number of aliphatic hydroxyl groups is 1. The molecule has 0 aromatic carbocycles. The largest absolute Gasteiger partial charge is 0.389 e. The number of piperidine rings is 1. The Morgan fingerprint density at radius 2 is 2.41 bits per heavy atom. The van der Waals surface area contributed by atoms with Crippen LogP contribution in [0.4, 0.5) is 5.82 Å². The molecule has 1 aliphatic rings. The summed E-state index contributed by atoms with van der Waals surface area (Å²) in [6, 6.07) is 3.69. The highest BCUT2D eigenvalue weighted by Crippen LogP contribution is 2.26. The second kappa shape index (κ2) is 4.58. The molecule has 0 radical (unpaired) electrons. The van der Waals surface area contributed by atoms with Gasteiger partial charge in [-0.25, -0.2) is 4.98 Å². The van der Waals surface area contributed by atoms with E-state index in [1.165, 1.54) is 0 Å². The monoisotopic (exact) mass is 251 g/mol. The van der Waals surface area contributed by atoms with Crippen LogP contribution in [-0.2, 0) is 0 Å². The number of aromatic nitrogens is 1. The molecule has 1 unspecified atom stereocenters. The molecule has 5 heteroatoms. The molecule has 1 saturated heterocycles. The van der Waals surface area contributed by atoms with Crippen LogP contribution in [0.1, 0.15) is 25.3 Å². The Balaban J connectivity index is 2.30. The number of nitrogens with two attached hydrogens (primary N) is 1. The summed E-state index contributed by atoms with van der Waals surface area (Å²) in [7, 11) is 0. The molecule has 0 amide bonds. The Bertz CT molecular complexity index is 434. The highest BCUT2D eigenvalue weighted by atomic mass is 32.1. The van der Waals surface area contributed by atoms with Crippen LogP contribution in [0.5, 0.6) is 0 Å². The number of pyridine rings is 1. The van der Waals surface area contributed by atoms with E-state index in [9.17, 15) is 5.11 Å². The van der Waals surface area contributed by atoms with Crippen molar-refractivity contribution in [3.05, 3.63) is 23.9 Å². The fraction of sp³-hybridized carbons (Fsp3) is 0.500. The molecule has 1 atom stereocenters. The normalized spacial score (nSPS) is 24.7. The van der Waals surface area contributed by atoms with E-state index < -0.39 is 5.60 Å². The van der Waals surface area contributed by atoms with Crippen molar-refractivity contribution in [2.75, 3.05) is 18.0 Å². The maximum Gasteiger partial charge on any atom is 0.138 e. The van der Waals surface area contributed by atoms with Crippen LogP contribution >= 0.6 is 12.2 Å². The van der Waals surface area contributed by atoms with Crippen molar-refractivity contribution in [1.29, 1.82) is 0 Å². The van der Waals surface area contributed by atoms with Crippen LogP contribution in [0.2, 0.25) is 0 Å². The lowest BCUT2D eigenvalue weighted by Crippen LogP contribution is -2.47. The van der Waals surface area contributed by atoms with Gasteiger partial charge in [-0.2, -0.15) is 0 Å². The molecule has 92 valence electrons. The highest BCUT2D eigenvalue weighted by molar-refractivity contribution is 7.80. The summed E-state index contributed by atoms with van der Waals surface area (Å²) >= 11 is 5.02. The summed E-state index contributed by atoms with van der Waals surface area (Å²) in [6.07, 6.45) is 3.49. The van der Waals surface area contributed by atoms with Gasteiger partial charge in [-0.15, -0.1) is 0 Å². The predicted octanol–water partition coefficient (Wildman–Crippen LogP) is 1.07. The Morgan fingerprint density at radius 3 is 3.06 bits per heavy atom. The zero-order valence-electron chi connectivity index (χ0n) is 9.89. The van der Waals surface area contributed by atoms with E-state index in [-0.39, 0.29) is 0 Å². The fourth-order valence-electron chi connectivity index (χ4n) is 2.24. The van der Waals surface area contributed by atoms with Gasteiger partial charge in [-0.05, 0) is 31.9 Å². The Kier molecular flexibility index (Phi) is 3.31. The van der Waals surface area contributed by atoms with Crippen molar-refractivity contribution < 1.29 is 5.11 Å². The van der Waals surface area contributed by atoms with Crippen molar-refractivity contribution in [3.8, 4) is 0 Å². The zero-order chi connectivity index (χ0) is 12.5. The van der Waals surface area contributed by atoms with E-state index in [4.69, 9.17) is 18.0 Å². The quantitative estimate of drug-likeness (QED) is 0.770. The molecule has 2 rings (SSSR count). The third-order valence-electron chi connectivity index (χ3n) is 3.03. The third-order valence-corrected chi connectivity index (χ3v) is 3.25. The second-order valence-corrected chi connectivity index (χ2v) is 5.20. The molecular weight excluding hydrogens is 234 g/mol. The average Bonchev–Trinajstić information content (AvgIpc) is 2.27. The minimum atomic E-state index is -0.663. The molecule has 0 spiro atoms. The molecule has 1 fully saturated rings. The van der Waals surface area contributed by atoms with Gasteiger partial charge in [0, 0.05) is 19.3 Å². The van der Waals surface area contributed by atoms with Gasteiger partial charge in [-0.3, -0.25) is 0 Å². The molecular formula is C12H17N3OS. The molecule has 1 aliphatic heterocycles. The lowest BCUT2D eigenvalue weighted by atomic mass is 9.95. The van der Waals surface area contributed by atoms with E-state index >= 15 is 0 Å². The van der Waals surface area contributed by atoms with Gasteiger partial charge in [0.15, 0.2) is 0 Å². The van der Waals surface area contributed by atoms with Gasteiger partial charge in [0.2, 0.25) is 0 Å². The second-order valence-electron chi connectivity index (χ2n) is 4.76. The first-order valence-corrected chi connectivity index (χ1v) is 6.12. The van der Waals surface area contributed by atoms with Crippen molar-refractivity contribution >= 4 is 23.0 Å². The molecule has 1 aromatic heterocycles. The van der Waals surface area contributed by atoms with Crippen LogP contribution in [0.25, 0.3) is 0 Å². The van der Waals surface area contributed by atoms with Crippen LogP contribution in [-0.4, -0.2) is 33.8 Å². The van der Waals surface area contributed by atoms with Gasteiger partial charge in [0.25, 0.3) is 0 Å². The molecule has 4 nitrogen and oxygen atoms in total. The average molecular weight is 251 g/mol. The predicted molar refractivity (Wildman–Crippen MR) is 72.2 cm³/mol. The van der Waals surface area contributed by atoms with Gasteiger partial charge in [-0.1, -0.05) is 12.2 Å². The number of hydrogen-bond donors (Lipinski definition) is 2. The van der Waals surface area contributed by atoms with Crippen molar-refractivity contribution in [3.63, 3.8) is 0 Å². The molecule has 1 aromatic rings. The summed E-state index contributed by atoms with van der Waals surface area (Å²) in [5.41, 5.74) is 5.81. The highest BCUT2D eigenvalue weighted by Gasteiger charge is 2.30. The summed E-state index contributed by atoms with van der Waals surface area (Å²) in [4.78, 5) is 6.74. The lowest BCUT2D eigenvalue weighted by Gasteiger charge is -2.38. The van der Waals surface area contributed by atoms with Gasteiger partial charge >= 0.3 is 0 Å². The third kappa shape index (κ3) is 2.73. The van der Waals surface area contributed by atoms with Gasteiger partial charge in [0.05, 0.1) is 11.2 Å². The standard InChI is InChI=1S/C12H17N3OS/c1-12(16)5-3-7-15(8-12)11-9(10(13)17)4-2-6-14-11/h2,4,6,16H,3,5,7-8H2,1H3,(H2,13,17). The van der Waals surface area contributed by atoms with Gasteiger partial charge in [0.1, 0.15) is 10.8 Å². The van der Waals surface area contributed by atoms with E-state index in [0.717, 1.165) is 30.8 Å². The Hall–Kier alpha value is -1.20. The van der Waals surface area contributed by atoms with Crippen LogP contribution < -0.4 is 10.6 Å². The maximum absolute atomic E-state index is 10.1. The minimum Gasteiger partial charge on any atom is -0.389 e. The number of nitrogens with zero attached hydrogens (tertiary/aromatic N) is 2. The first-order chi connectivity index (χ1) is 7.99. The summed E-state index contributed by atoms with van der Waals surface area (Å²) in [5, 5.41) is 10.1. The molecule has 3 N–H and O–H groups in total. The number of thiocarbonyl (C=S) groups is 1. The molecule has 2 heterocycles. The van der Waals surface area contributed by atoms with E-state index in [2.05, 4.69) is 9.88 Å². The summed E-state index contributed by atoms with van der Waals surface area (Å²) in [5.74, 6) is 0.778. The molecule has 0 aliphatic carbocycles. The van der Waals surface area contributed by atoms with Crippen molar-refractivity contribution in [2.24, 2.45) is 5.73 Å². The van der Waals surface area contributed by atoms with Gasteiger partial charge < -0.3 is 15.7 Å². The first kappa shape index (κ1) is 12.3.